The van der Waals surface area contributed by atoms with E-state index in [0.29, 0.717) is 35.1 Å². The lowest BCUT2D eigenvalue weighted by Gasteiger charge is -2.13. The molecule has 8 nitrogen and oxygen atoms in total. The number of methoxy groups -OCH3 is 1. The number of anilines is 1. The number of aryl methyl sites for hydroxylation is 3. The van der Waals surface area contributed by atoms with Gasteiger partial charge in [0.1, 0.15) is 6.61 Å². The van der Waals surface area contributed by atoms with Crippen LogP contribution in [0.15, 0.2) is 48.8 Å². The van der Waals surface area contributed by atoms with Gasteiger partial charge in [-0.1, -0.05) is 6.07 Å². The summed E-state index contributed by atoms with van der Waals surface area (Å²) in [6, 6.07) is 10.9. The first-order chi connectivity index (χ1) is 15.0. The molecule has 1 amide bonds. The Morgan fingerprint density at radius 2 is 1.97 bits per heavy atom. The van der Waals surface area contributed by atoms with Crippen LogP contribution in [0, 0.1) is 13.8 Å². The number of hydrogen-bond donors (Lipinski definition) is 1. The molecule has 3 aromatic heterocycles. The first-order valence-electron chi connectivity index (χ1n) is 9.78. The van der Waals surface area contributed by atoms with Gasteiger partial charge in [0.25, 0.3) is 5.91 Å². The van der Waals surface area contributed by atoms with Crippen molar-refractivity contribution in [2.45, 2.75) is 20.5 Å². The molecule has 0 aliphatic rings. The van der Waals surface area contributed by atoms with Crippen molar-refractivity contribution >= 4 is 22.6 Å². The lowest BCUT2D eigenvalue weighted by atomic mass is 10.1. The van der Waals surface area contributed by atoms with Gasteiger partial charge in [-0.05, 0) is 38.1 Å². The second-order valence-corrected chi connectivity index (χ2v) is 7.17. The van der Waals surface area contributed by atoms with E-state index in [2.05, 4.69) is 20.4 Å². The summed E-state index contributed by atoms with van der Waals surface area (Å²) in [5.74, 6) is 0.850. The van der Waals surface area contributed by atoms with Crippen LogP contribution in [0.5, 0.6) is 11.5 Å². The van der Waals surface area contributed by atoms with Crippen molar-refractivity contribution in [3.63, 3.8) is 0 Å². The molecule has 1 N–H and O–H groups in total. The van der Waals surface area contributed by atoms with Crippen molar-refractivity contribution in [1.82, 2.24) is 19.7 Å². The molecule has 158 valence electrons. The average Bonchev–Trinajstić information content (AvgIpc) is 3.05. The number of ether oxygens (including phenoxy) is 2. The van der Waals surface area contributed by atoms with Crippen LogP contribution in [0.4, 0.5) is 5.69 Å². The van der Waals surface area contributed by atoms with Crippen LogP contribution in [0.25, 0.3) is 11.0 Å². The number of amides is 1. The fourth-order valence-corrected chi connectivity index (χ4v) is 3.37. The molecule has 0 aliphatic carbocycles. The lowest BCUT2D eigenvalue weighted by molar-refractivity contribution is 0.102. The van der Waals surface area contributed by atoms with Gasteiger partial charge in [0.15, 0.2) is 17.1 Å². The zero-order valence-corrected chi connectivity index (χ0v) is 17.8. The summed E-state index contributed by atoms with van der Waals surface area (Å²) < 4.78 is 13.0. The molecule has 1 aromatic carbocycles. The minimum Gasteiger partial charge on any atom is -0.493 e. The van der Waals surface area contributed by atoms with Crippen LogP contribution in [-0.4, -0.2) is 32.8 Å². The number of rotatable bonds is 6. The van der Waals surface area contributed by atoms with Gasteiger partial charge >= 0.3 is 0 Å². The molecule has 0 fully saturated rings. The summed E-state index contributed by atoms with van der Waals surface area (Å²) in [7, 11) is 3.41. The third-order valence-electron chi connectivity index (χ3n) is 4.97. The SMILES string of the molecule is COc1ccc(NC(=O)c2cc3c(C)nn(C)c3nc2C)cc1OCc1cccnc1. The van der Waals surface area contributed by atoms with Crippen molar-refractivity contribution in [1.29, 1.82) is 0 Å². The molecule has 0 spiro atoms. The topological polar surface area (TPSA) is 91.2 Å². The Hall–Kier alpha value is -3.94. The van der Waals surface area contributed by atoms with Gasteiger partial charge in [-0.3, -0.25) is 14.5 Å². The summed E-state index contributed by atoms with van der Waals surface area (Å²) >= 11 is 0. The predicted molar refractivity (Wildman–Crippen MR) is 117 cm³/mol. The second-order valence-electron chi connectivity index (χ2n) is 7.17. The summed E-state index contributed by atoms with van der Waals surface area (Å²) in [5, 5.41) is 8.16. The fraction of sp³-hybridized carbons (Fsp3) is 0.217. The zero-order valence-electron chi connectivity index (χ0n) is 17.8. The molecule has 0 saturated heterocycles. The highest BCUT2D eigenvalue weighted by molar-refractivity contribution is 6.07. The van der Waals surface area contributed by atoms with Crippen LogP contribution >= 0.6 is 0 Å². The van der Waals surface area contributed by atoms with Gasteiger partial charge in [0, 0.05) is 42.1 Å². The number of carbonyl (C=O) groups is 1. The molecule has 0 atom stereocenters. The van der Waals surface area contributed by atoms with Crippen molar-refractivity contribution in [2.24, 2.45) is 7.05 Å². The minimum atomic E-state index is -0.251. The molecule has 0 aliphatic heterocycles. The monoisotopic (exact) mass is 417 g/mol. The van der Waals surface area contributed by atoms with Crippen LogP contribution in [0.1, 0.15) is 27.3 Å². The Balaban J connectivity index is 1.57. The highest BCUT2D eigenvalue weighted by Gasteiger charge is 2.16. The van der Waals surface area contributed by atoms with Gasteiger partial charge < -0.3 is 14.8 Å². The quantitative estimate of drug-likeness (QED) is 0.513. The average molecular weight is 417 g/mol. The number of carbonyl (C=O) groups excluding carboxylic acids is 1. The van der Waals surface area contributed by atoms with Crippen LogP contribution in [-0.2, 0) is 13.7 Å². The summed E-state index contributed by atoms with van der Waals surface area (Å²) in [6.45, 7) is 4.05. The molecule has 4 rings (SSSR count). The van der Waals surface area contributed by atoms with Crippen molar-refractivity contribution in [3.05, 3.63) is 71.3 Å². The summed E-state index contributed by atoms with van der Waals surface area (Å²) in [5.41, 5.74) is 4.23. The lowest BCUT2D eigenvalue weighted by Crippen LogP contribution is -2.14. The number of nitrogens with one attached hydrogen (secondary N) is 1. The van der Waals surface area contributed by atoms with Crippen molar-refractivity contribution in [3.8, 4) is 11.5 Å². The number of fused-ring (bicyclic) bond motifs is 1. The third kappa shape index (κ3) is 4.18. The first-order valence-corrected chi connectivity index (χ1v) is 9.78. The zero-order chi connectivity index (χ0) is 22.0. The van der Waals surface area contributed by atoms with E-state index in [1.54, 1.807) is 42.4 Å². The standard InChI is InChI=1S/C23H23N5O3/c1-14-19(11-18-15(2)27-28(3)22(18)25-14)23(29)26-17-7-8-20(30-4)21(10-17)31-13-16-6-5-9-24-12-16/h5-12H,13H2,1-4H3,(H,26,29). The minimum absolute atomic E-state index is 0.251. The van der Waals surface area contributed by atoms with E-state index in [0.717, 1.165) is 22.3 Å². The Labute approximate surface area is 179 Å². The van der Waals surface area contributed by atoms with Crippen LogP contribution in [0.2, 0.25) is 0 Å². The molecule has 0 saturated carbocycles. The second kappa shape index (κ2) is 8.43. The normalized spacial score (nSPS) is 10.8. The van der Waals surface area contributed by atoms with Crippen LogP contribution in [0.3, 0.4) is 0 Å². The third-order valence-corrected chi connectivity index (χ3v) is 4.97. The van der Waals surface area contributed by atoms with Crippen molar-refractivity contribution in [2.75, 3.05) is 12.4 Å². The van der Waals surface area contributed by atoms with Gasteiger partial charge in [0.05, 0.1) is 24.1 Å². The van der Waals surface area contributed by atoms with E-state index < -0.39 is 0 Å². The number of nitrogens with zero attached hydrogens (tertiary/aromatic N) is 4. The molecule has 4 aromatic rings. The number of pyridine rings is 2. The molecule has 0 radical (unpaired) electrons. The van der Waals surface area contributed by atoms with E-state index in [1.807, 2.05) is 39.1 Å². The van der Waals surface area contributed by atoms with E-state index in [9.17, 15) is 4.79 Å². The first kappa shape index (κ1) is 20.3. The number of benzene rings is 1. The van der Waals surface area contributed by atoms with Gasteiger partial charge in [-0.15, -0.1) is 0 Å². The van der Waals surface area contributed by atoms with E-state index in [1.165, 1.54) is 0 Å². The maximum absolute atomic E-state index is 13.0. The molecule has 31 heavy (non-hydrogen) atoms. The fourth-order valence-electron chi connectivity index (χ4n) is 3.37. The van der Waals surface area contributed by atoms with Crippen LogP contribution < -0.4 is 14.8 Å². The molecule has 8 heteroatoms. The van der Waals surface area contributed by atoms with E-state index >= 15 is 0 Å². The Bertz CT molecular complexity index is 1250. The predicted octanol–water partition coefficient (Wildman–Crippen LogP) is 3.82. The number of hydrogen-bond acceptors (Lipinski definition) is 6. The Morgan fingerprint density at radius 1 is 1.13 bits per heavy atom. The Kier molecular flexibility index (Phi) is 5.53. The Morgan fingerprint density at radius 3 is 2.71 bits per heavy atom. The van der Waals surface area contributed by atoms with Gasteiger partial charge in [0.2, 0.25) is 0 Å². The molecule has 3 heterocycles. The summed E-state index contributed by atoms with van der Waals surface area (Å²) in [6.07, 6.45) is 3.45. The van der Waals surface area contributed by atoms with Gasteiger partial charge in [-0.25, -0.2) is 4.98 Å². The highest BCUT2D eigenvalue weighted by atomic mass is 16.5. The molecule has 0 bridgehead atoms. The summed E-state index contributed by atoms with van der Waals surface area (Å²) in [4.78, 5) is 21.6. The van der Waals surface area contributed by atoms with Crippen molar-refractivity contribution < 1.29 is 14.3 Å². The number of aromatic nitrogens is 4. The molecule has 0 unspecified atom stereocenters. The highest BCUT2D eigenvalue weighted by Crippen LogP contribution is 2.31. The molecular formula is C23H23N5O3. The smallest absolute Gasteiger partial charge is 0.257 e. The van der Waals surface area contributed by atoms with Gasteiger partial charge in [-0.2, -0.15) is 5.10 Å². The van der Waals surface area contributed by atoms with E-state index in [-0.39, 0.29) is 5.91 Å². The van der Waals surface area contributed by atoms with E-state index in [4.69, 9.17) is 9.47 Å². The molecular weight excluding hydrogens is 394 g/mol. The largest absolute Gasteiger partial charge is 0.493 e. The maximum atomic E-state index is 13.0. The maximum Gasteiger partial charge on any atom is 0.257 e.